The second-order valence-corrected chi connectivity index (χ2v) is 12.9. The van der Waals surface area contributed by atoms with Crippen LogP contribution in [-0.2, 0) is 17.8 Å². The van der Waals surface area contributed by atoms with Crippen LogP contribution in [0.1, 0.15) is 34.2 Å². The van der Waals surface area contributed by atoms with Crippen molar-refractivity contribution in [3.63, 3.8) is 0 Å². The summed E-state index contributed by atoms with van der Waals surface area (Å²) in [6.07, 6.45) is -7.57. The van der Waals surface area contributed by atoms with Crippen molar-refractivity contribution in [2.45, 2.75) is 17.8 Å². The van der Waals surface area contributed by atoms with E-state index >= 15 is 8.78 Å². The third-order valence-electron chi connectivity index (χ3n) is 9.15. The number of benzene rings is 2. The highest BCUT2D eigenvalue weighted by Crippen LogP contribution is 2.44. The van der Waals surface area contributed by atoms with E-state index < -0.39 is 52.4 Å². The van der Waals surface area contributed by atoms with E-state index in [0.29, 0.717) is 12.1 Å². The van der Waals surface area contributed by atoms with Gasteiger partial charge in [0.15, 0.2) is 23.0 Å². The largest absolute Gasteiger partial charge is 0.435 e. The van der Waals surface area contributed by atoms with Crippen LogP contribution in [0.4, 0.5) is 43.9 Å². The number of aromatic nitrogens is 8. The molecule has 0 saturated carbocycles. The van der Waals surface area contributed by atoms with Crippen molar-refractivity contribution in [2.75, 3.05) is 0 Å². The average Bonchev–Trinajstić information content (AvgIpc) is 3.91. The van der Waals surface area contributed by atoms with Crippen LogP contribution in [-0.4, -0.2) is 39.5 Å². The van der Waals surface area contributed by atoms with Gasteiger partial charge in [0.25, 0.3) is 0 Å². The van der Waals surface area contributed by atoms with Crippen molar-refractivity contribution in [3.8, 4) is 34.2 Å². The molecule has 6 aromatic heterocycles. The molecule has 8 rings (SSSR count). The van der Waals surface area contributed by atoms with E-state index in [2.05, 4.69) is 10.2 Å². The predicted octanol–water partition coefficient (Wildman–Crippen LogP) is 9.95. The summed E-state index contributed by atoms with van der Waals surface area (Å²) in [5.74, 6) is -4.00. The van der Waals surface area contributed by atoms with Crippen LogP contribution in [0.5, 0.6) is 0 Å². The Labute approximate surface area is 326 Å². The highest BCUT2D eigenvalue weighted by molar-refractivity contribution is 5.65. The third kappa shape index (κ3) is 7.28. The second kappa shape index (κ2) is 14.6. The number of rotatable bonds is 8. The molecule has 18 heteroatoms. The highest BCUT2D eigenvalue weighted by atomic mass is 19.4. The van der Waals surface area contributed by atoms with Crippen molar-refractivity contribution in [2.24, 2.45) is 0 Å². The van der Waals surface area contributed by atoms with E-state index in [4.69, 9.17) is 19.9 Å². The summed E-state index contributed by atoms with van der Waals surface area (Å²) in [7, 11) is 0. The van der Waals surface area contributed by atoms with Crippen LogP contribution in [0, 0.1) is 23.3 Å². The van der Waals surface area contributed by atoms with E-state index in [1.165, 1.54) is 72.8 Å². The molecule has 0 atom stereocenters. The molecule has 0 fully saturated rings. The number of hydrogen-bond acceptors (Lipinski definition) is 6. The van der Waals surface area contributed by atoms with Gasteiger partial charge < -0.3 is 0 Å². The van der Waals surface area contributed by atoms with Gasteiger partial charge in [-0.1, -0.05) is 24.3 Å². The molecule has 8 nitrogen and oxygen atoms in total. The molecule has 8 aromatic rings. The Morgan fingerprint density at radius 2 is 0.763 bits per heavy atom. The number of halogens is 10. The zero-order valence-corrected chi connectivity index (χ0v) is 29.6. The van der Waals surface area contributed by atoms with Gasteiger partial charge in [-0.05, 0) is 84.9 Å². The fourth-order valence-corrected chi connectivity index (χ4v) is 6.49. The van der Waals surface area contributed by atoms with Gasteiger partial charge >= 0.3 is 12.4 Å². The minimum atomic E-state index is -4.81. The van der Waals surface area contributed by atoms with Crippen molar-refractivity contribution < 1.29 is 43.9 Å². The molecule has 0 aliphatic carbocycles. The molecule has 0 unspecified atom stereocenters. The van der Waals surface area contributed by atoms with Crippen LogP contribution in [0.15, 0.2) is 134 Å². The molecule has 59 heavy (non-hydrogen) atoms. The Morgan fingerprint density at radius 1 is 0.390 bits per heavy atom. The molecule has 6 heterocycles. The van der Waals surface area contributed by atoms with Crippen molar-refractivity contribution in [1.82, 2.24) is 39.5 Å². The predicted molar refractivity (Wildman–Crippen MR) is 191 cm³/mol. The molecule has 2 aromatic carbocycles. The van der Waals surface area contributed by atoms with Crippen LogP contribution in [0.2, 0.25) is 0 Å². The monoisotopic (exact) mass is 816 g/mol. The van der Waals surface area contributed by atoms with Crippen LogP contribution in [0.3, 0.4) is 0 Å². The lowest BCUT2D eigenvalue weighted by Crippen LogP contribution is -2.36. The minimum Gasteiger partial charge on any atom is -0.251 e. The zero-order valence-electron chi connectivity index (χ0n) is 29.6. The molecule has 0 saturated heterocycles. The zero-order chi connectivity index (χ0) is 41.7. The van der Waals surface area contributed by atoms with Gasteiger partial charge in [-0.15, -0.1) is 0 Å². The second-order valence-electron chi connectivity index (χ2n) is 12.9. The third-order valence-corrected chi connectivity index (χ3v) is 9.15. The first-order chi connectivity index (χ1) is 28.1. The molecule has 0 aliphatic heterocycles. The molecule has 0 bridgehead atoms. The fourth-order valence-electron chi connectivity index (χ4n) is 6.49. The topological polar surface area (TPSA) is 87.2 Å². The Hall–Kier alpha value is -7.24. The van der Waals surface area contributed by atoms with E-state index in [0.717, 1.165) is 58.2 Å². The molecule has 0 radical (unpaired) electrons. The van der Waals surface area contributed by atoms with Gasteiger partial charge in [-0.25, -0.2) is 36.9 Å². The lowest BCUT2D eigenvalue weighted by atomic mass is 9.73. The smallest absolute Gasteiger partial charge is 0.251 e. The van der Waals surface area contributed by atoms with E-state index in [9.17, 15) is 35.1 Å². The van der Waals surface area contributed by atoms with E-state index in [-0.39, 0.29) is 56.9 Å². The molecule has 0 N–H and O–H groups in total. The first-order valence-corrected chi connectivity index (χ1v) is 17.2. The molecule has 296 valence electrons. The van der Waals surface area contributed by atoms with Gasteiger partial charge in [0, 0.05) is 35.7 Å². The van der Waals surface area contributed by atoms with Crippen molar-refractivity contribution in [1.29, 1.82) is 0 Å². The summed E-state index contributed by atoms with van der Waals surface area (Å²) in [6, 6.07) is 24.2. The van der Waals surface area contributed by atoms with Crippen molar-refractivity contribution in [3.05, 3.63) is 191 Å². The van der Waals surface area contributed by atoms with Crippen LogP contribution < -0.4 is 0 Å². The molecule has 0 aliphatic rings. The highest BCUT2D eigenvalue weighted by Gasteiger charge is 2.45. The summed E-state index contributed by atoms with van der Waals surface area (Å²) < 4.78 is 142. The summed E-state index contributed by atoms with van der Waals surface area (Å²) >= 11 is 0. The van der Waals surface area contributed by atoms with E-state index in [1.54, 1.807) is 0 Å². The van der Waals surface area contributed by atoms with Gasteiger partial charge in [0.1, 0.15) is 28.7 Å². The Bertz CT molecular complexity index is 2650. The van der Waals surface area contributed by atoms with Crippen LogP contribution in [0.25, 0.3) is 34.2 Å². The summed E-state index contributed by atoms with van der Waals surface area (Å²) in [4.78, 5) is 19.1. The maximum atomic E-state index is 15.3. The van der Waals surface area contributed by atoms with Gasteiger partial charge in [0.2, 0.25) is 0 Å². The van der Waals surface area contributed by atoms with Crippen molar-refractivity contribution >= 4 is 0 Å². The van der Waals surface area contributed by atoms with E-state index in [1.807, 2.05) is 0 Å². The van der Waals surface area contributed by atoms with Crippen LogP contribution >= 0.6 is 0 Å². The molecular weight excluding hydrogens is 794 g/mol. The summed E-state index contributed by atoms with van der Waals surface area (Å²) in [5, 5.41) is 7.29. The lowest BCUT2D eigenvalue weighted by molar-refractivity contribution is -0.142. The number of pyridine rings is 4. The number of nitrogens with zero attached hydrogens (tertiary/aromatic N) is 8. The minimum absolute atomic E-state index is 0.0369. The van der Waals surface area contributed by atoms with Gasteiger partial charge in [-0.3, -0.25) is 9.97 Å². The average molecular weight is 817 g/mol. The fraction of sp³-hybridized carbons (Fsp3) is 0.0732. The Kier molecular flexibility index (Phi) is 9.56. The standard InChI is InChI=1S/C41H22F10N8/c42-23-13-15-25(27(44)21-23)29-5-1-7-31(52-29)39(32-8-2-6-30(53-32)26-16-14-24(43)22-28(26)45,33-9-3-11-37(54-33)58-19-17-35(56-58)40(46,47)48)34-10-4-12-38(55-34)59-20-18-36(57-59)41(49,50)51/h1-22H. The Morgan fingerprint density at radius 3 is 1.12 bits per heavy atom. The molecular formula is C41H22F10N8. The Balaban J connectivity index is 1.46. The molecule has 0 amide bonds. The molecule has 0 spiro atoms. The quantitative estimate of drug-likeness (QED) is 0.142. The summed E-state index contributed by atoms with van der Waals surface area (Å²) in [6.45, 7) is 0. The first-order valence-electron chi connectivity index (χ1n) is 17.2. The summed E-state index contributed by atoms with van der Waals surface area (Å²) in [5.41, 5.74) is -5.07. The lowest BCUT2D eigenvalue weighted by Gasteiger charge is -2.33. The number of alkyl halides is 6. The maximum absolute atomic E-state index is 15.3. The maximum Gasteiger partial charge on any atom is 0.435 e. The van der Waals surface area contributed by atoms with Gasteiger partial charge in [-0.2, -0.15) is 36.5 Å². The normalized spacial score (nSPS) is 12.2. The first kappa shape index (κ1) is 38.6. The van der Waals surface area contributed by atoms with Gasteiger partial charge in [0.05, 0.1) is 34.2 Å². The number of hydrogen-bond donors (Lipinski definition) is 0. The SMILES string of the molecule is Fc1ccc(-c2cccc(C(c3cccc(-c4ccc(F)cc4F)n3)(c3cccc(-n4ccc(C(F)(F)F)n4)n3)c3cccc(-n4ccc(C(F)(F)F)n4)n3)n2)c(F)c1.